The van der Waals surface area contributed by atoms with Crippen LogP contribution in [-0.4, -0.2) is 37.2 Å². The first-order valence-electron chi connectivity index (χ1n) is 10.8. The number of imide groups is 1. The average molecular weight is 407 g/mol. The smallest absolute Gasteiger partial charge is 0.321 e. The van der Waals surface area contributed by atoms with Crippen LogP contribution in [0, 0.1) is 0 Å². The van der Waals surface area contributed by atoms with Gasteiger partial charge in [-0.1, -0.05) is 19.3 Å². The number of nitrogens with one attached hydrogen (secondary N) is 2. The maximum absolute atomic E-state index is 12.4. The Bertz CT molecular complexity index is 674. The van der Waals surface area contributed by atoms with Crippen LogP contribution in [0.5, 0.6) is 11.5 Å². The second-order valence-electron chi connectivity index (χ2n) is 7.64. The van der Waals surface area contributed by atoms with Crippen LogP contribution in [-0.2, 0) is 4.79 Å². The van der Waals surface area contributed by atoms with E-state index in [2.05, 4.69) is 10.6 Å². The maximum atomic E-state index is 12.4. The molecular weight excluding hydrogens is 370 g/mol. The Kier molecular flexibility index (Phi) is 9.25. The minimum Gasteiger partial charge on any atom is -0.490 e. The predicted molar refractivity (Wildman–Crippen MR) is 112 cm³/mol. The molecule has 2 rings (SSSR count). The maximum Gasteiger partial charge on any atom is 0.321 e. The van der Waals surface area contributed by atoms with E-state index in [1.807, 2.05) is 44.3 Å². The zero-order chi connectivity index (χ0) is 21.2. The summed E-state index contributed by atoms with van der Waals surface area (Å²) in [5, 5.41) is 7.33. The van der Waals surface area contributed by atoms with Crippen molar-refractivity contribution >= 4 is 11.9 Å². The highest BCUT2D eigenvalue weighted by molar-refractivity contribution is 5.96. The Morgan fingerprint density at radius 3 is 2.38 bits per heavy atom. The first kappa shape index (κ1) is 23.0. The fourth-order valence-corrected chi connectivity index (χ4v) is 3.68. The van der Waals surface area contributed by atoms with E-state index in [1.54, 1.807) is 6.92 Å². The summed E-state index contributed by atoms with van der Waals surface area (Å²) in [5.41, 5.74) is 1.03. The fraction of sp³-hybridized carbons (Fsp3) is 0.636. The van der Waals surface area contributed by atoms with Gasteiger partial charge in [0.1, 0.15) is 6.04 Å². The van der Waals surface area contributed by atoms with Crippen molar-refractivity contribution < 1.29 is 24.4 Å². The number of quaternary nitrogens is 1. The van der Waals surface area contributed by atoms with Crippen molar-refractivity contribution in [1.29, 1.82) is 0 Å². The Hall–Kier alpha value is -2.28. The van der Waals surface area contributed by atoms with E-state index in [4.69, 9.17) is 9.47 Å². The summed E-state index contributed by atoms with van der Waals surface area (Å²) in [5.74, 6) is 1.13. The molecule has 0 radical (unpaired) electrons. The summed E-state index contributed by atoms with van der Waals surface area (Å²) in [4.78, 5) is 24.5. The Morgan fingerprint density at radius 1 is 1.07 bits per heavy atom. The number of ether oxygens (including phenoxy) is 2. The van der Waals surface area contributed by atoms with E-state index in [1.165, 1.54) is 6.42 Å². The molecule has 0 spiro atoms. The molecule has 0 heterocycles. The summed E-state index contributed by atoms with van der Waals surface area (Å²) in [6, 6.07) is 5.24. The monoisotopic (exact) mass is 406 g/mol. The standard InChI is InChI=1S/C22H35N3O4/c1-5-28-19-13-12-17(14-20(19)29-6-2)15(3)23-16(4)21(26)25-22(27)24-18-10-8-7-9-11-18/h12-16,18,23H,5-11H2,1-4H3,(H2,24,25,26,27)/p+1/t15-,16-/m1/s1. The summed E-state index contributed by atoms with van der Waals surface area (Å²) in [6.07, 6.45) is 5.46. The molecule has 2 atom stereocenters. The molecule has 1 aromatic rings. The molecule has 0 saturated heterocycles. The van der Waals surface area contributed by atoms with Gasteiger partial charge in [0.05, 0.1) is 13.2 Å². The summed E-state index contributed by atoms with van der Waals surface area (Å²) in [7, 11) is 0. The SMILES string of the molecule is CCOc1ccc([C@@H](C)[NH2+][C@H](C)C(=O)NC(=O)NC2CCCCC2)cc1OCC. The lowest BCUT2D eigenvalue weighted by molar-refractivity contribution is -0.710. The van der Waals surface area contributed by atoms with Crippen LogP contribution in [0.2, 0.25) is 0 Å². The number of carbonyl (C=O) groups is 2. The van der Waals surface area contributed by atoms with Gasteiger partial charge in [0.2, 0.25) is 0 Å². The van der Waals surface area contributed by atoms with Crippen molar-refractivity contribution in [2.24, 2.45) is 0 Å². The van der Waals surface area contributed by atoms with Gasteiger partial charge >= 0.3 is 6.03 Å². The molecule has 1 aliphatic carbocycles. The zero-order valence-corrected chi connectivity index (χ0v) is 18.1. The summed E-state index contributed by atoms with van der Waals surface area (Å²) < 4.78 is 11.3. The average Bonchev–Trinajstić information content (AvgIpc) is 2.70. The van der Waals surface area contributed by atoms with Crippen LogP contribution in [0.4, 0.5) is 4.79 Å². The van der Waals surface area contributed by atoms with Gasteiger partial charge in [-0.2, -0.15) is 0 Å². The van der Waals surface area contributed by atoms with E-state index in [-0.39, 0.29) is 18.0 Å². The number of benzene rings is 1. The van der Waals surface area contributed by atoms with Crippen molar-refractivity contribution in [3.05, 3.63) is 23.8 Å². The fourth-order valence-electron chi connectivity index (χ4n) is 3.68. The molecule has 1 fully saturated rings. The number of urea groups is 1. The van der Waals surface area contributed by atoms with Crippen LogP contribution in [0.3, 0.4) is 0 Å². The molecular formula is C22H36N3O4+. The minimum atomic E-state index is -0.399. The zero-order valence-electron chi connectivity index (χ0n) is 18.1. The number of nitrogens with two attached hydrogens (primary N) is 1. The number of carbonyl (C=O) groups excluding carboxylic acids is 2. The lowest BCUT2D eigenvalue weighted by Gasteiger charge is -2.23. The van der Waals surface area contributed by atoms with Crippen LogP contribution >= 0.6 is 0 Å². The first-order chi connectivity index (χ1) is 13.9. The van der Waals surface area contributed by atoms with Gasteiger partial charge in [0, 0.05) is 11.6 Å². The van der Waals surface area contributed by atoms with Gasteiger partial charge in [0.25, 0.3) is 5.91 Å². The normalized spacial score (nSPS) is 16.6. The van der Waals surface area contributed by atoms with Crippen molar-refractivity contribution in [2.75, 3.05) is 13.2 Å². The van der Waals surface area contributed by atoms with Gasteiger partial charge in [-0.05, 0) is 58.7 Å². The Balaban J connectivity index is 1.89. The van der Waals surface area contributed by atoms with Crippen molar-refractivity contribution in [1.82, 2.24) is 10.6 Å². The van der Waals surface area contributed by atoms with Crippen LogP contribution in [0.15, 0.2) is 18.2 Å². The highest BCUT2D eigenvalue weighted by Gasteiger charge is 2.24. The van der Waals surface area contributed by atoms with Crippen LogP contribution in [0.1, 0.15) is 71.4 Å². The molecule has 4 N–H and O–H groups in total. The predicted octanol–water partition coefficient (Wildman–Crippen LogP) is 2.66. The Labute approximate surface area is 173 Å². The van der Waals surface area contributed by atoms with Gasteiger partial charge in [-0.15, -0.1) is 0 Å². The third kappa shape index (κ3) is 7.24. The van der Waals surface area contributed by atoms with E-state index < -0.39 is 12.1 Å². The number of hydrogen-bond donors (Lipinski definition) is 3. The van der Waals surface area contributed by atoms with E-state index in [0.29, 0.717) is 19.0 Å². The molecule has 0 bridgehead atoms. The van der Waals surface area contributed by atoms with Crippen molar-refractivity contribution in [3.8, 4) is 11.5 Å². The molecule has 29 heavy (non-hydrogen) atoms. The highest BCUT2D eigenvalue weighted by atomic mass is 16.5. The molecule has 0 aliphatic heterocycles. The molecule has 0 unspecified atom stereocenters. The minimum absolute atomic E-state index is 0.0204. The van der Waals surface area contributed by atoms with Gasteiger partial charge in [-0.25, -0.2) is 4.79 Å². The second-order valence-corrected chi connectivity index (χ2v) is 7.64. The number of rotatable bonds is 9. The third-order valence-corrected chi connectivity index (χ3v) is 5.26. The van der Waals surface area contributed by atoms with Crippen molar-refractivity contribution in [3.63, 3.8) is 0 Å². The lowest BCUT2D eigenvalue weighted by atomic mass is 9.96. The lowest BCUT2D eigenvalue weighted by Crippen LogP contribution is -2.92. The largest absolute Gasteiger partial charge is 0.490 e. The quantitative estimate of drug-likeness (QED) is 0.588. The molecule has 162 valence electrons. The Morgan fingerprint density at radius 2 is 1.72 bits per heavy atom. The molecule has 3 amide bonds. The number of amides is 3. The molecule has 1 saturated carbocycles. The first-order valence-corrected chi connectivity index (χ1v) is 10.8. The molecule has 1 aromatic carbocycles. The van der Waals surface area contributed by atoms with E-state index in [0.717, 1.165) is 37.0 Å². The molecule has 0 aromatic heterocycles. The van der Waals surface area contributed by atoms with Gasteiger partial charge < -0.3 is 20.1 Å². The third-order valence-electron chi connectivity index (χ3n) is 5.26. The van der Waals surface area contributed by atoms with Crippen molar-refractivity contribution in [2.45, 2.75) is 77.9 Å². The highest BCUT2D eigenvalue weighted by Crippen LogP contribution is 2.30. The van der Waals surface area contributed by atoms with Gasteiger partial charge in [-0.3, -0.25) is 10.1 Å². The summed E-state index contributed by atoms with van der Waals surface area (Å²) >= 11 is 0. The van der Waals surface area contributed by atoms with E-state index in [9.17, 15) is 9.59 Å². The molecule has 7 nitrogen and oxygen atoms in total. The topological polar surface area (TPSA) is 93.3 Å². The van der Waals surface area contributed by atoms with Crippen LogP contribution < -0.4 is 25.4 Å². The van der Waals surface area contributed by atoms with Crippen LogP contribution in [0.25, 0.3) is 0 Å². The van der Waals surface area contributed by atoms with Gasteiger partial charge in [0.15, 0.2) is 17.5 Å². The molecule has 1 aliphatic rings. The number of hydrogen-bond acceptors (Lipinski definition) is 4. The summed E-state index contributed by atoms with van der Waals surface area (Å²) in [6.45, 7) is 8.82. The second kappa shape index (κ2) is 11.7. The molecule has 7 heteroatoms. The van der Waals surface area contributed by atoms with E-state index >= 15 is 0 Å².